The summed E-state index contributed by atoms with van der Waals surface area (Å²) in [4.78, 5) is 31.1. The molecule has 0 spiro atoms. The molecule has 7 heteroatoms. The third-order valence-electron chi connectivity index (χ3n) is 1.33. The molecular formula is C5H7N3O4. The quantitative estimate of drug-likeness (QED) is 0.340. The van der Waals surface area contributed by atoms with Crippen molar-refractivity contribution in [1.29, 1.82) is 0 Å². The molecule has 7 nitrogen and oxygen atoms in total. The van der Waals surface area contributed by atoms with Crippen molar-refractivity contribution in [2.24, 2.45) is 5.73 Å². The van der Waals surface area contributed by atoms with Crippen molar-refractivity contribution in [2.75, 3.05) is 5.43 Å². The molecule has 0 aliphatic carbocycles. The van der Waals surface area contributed by atoms with Gasteiger partial charge in [-0.1, -0.05) is 0 Å². The van der Waals surface area contributed by atoms with E-state index in [1.165, 1.54) is 0 Å². The second-order valence-electron chi connectivity index (χ2n) is 2.57. The molecule has 0 radical (unpaired) electrons. The third kappa shape index (κ3) is 1.21. The van der Waals surface area contributed by atoms with Crippen LogP contribution in [0.1, 0.15) is 6.92 Å². The highest BCUT2D eigenvalue weighted by atomic mass is 16.4. The number of nitrogens with two attached hydrogens (primary N) is 1. The SMILES string of the molecule is CC(N)(Nn1c(=O)c1=O)C(=O)O. The lowest BCUT2D eigenvalue weighted by Gasteiger charge is -2.18. The molecule has 66 valence electrons. The maximum Gasteiger partial charge on any atom is 0.345 e. The molecule has 0 saturated heterocycles. The Labute approximate surface area is 66.1 Å². The summed E-state index contributed by atoms with van der Waals surface area (Å²) in [6, 6.07) is 0. The van der Waals surface area contributed by atoms with Crippen LogP contribution >= 0.6 is 0 Å². The Kier molecular flexibility index (Phi) is 1.54. The summed E-state index contributed by atoms with van der Waals surface area (Å²) in [6.45, 7) is 1.13. The highest BCUT2D eigenvalue weighted by Crippen LogP contribution is 1.93. The lowest BCUT2D eigenvalue weighted by molar-refractivity contribution is -0.141. The van der Waals surface area contributed by atoms with Crippen LogP contribution in [-0.4, -0.2) is 21.4 Å². The number of aromatic nitrogens is 1. The minimum absolute atomic E-state index is 0.550. The first-order chi connectivity index (χ1) is 5.36. The van der Waals surface area contributed by atoms with Gasteiger partial charge >= 0.3 is 17.1 Å². The minimum atomic E-state index is -1.80. The summed E-state index contributed by atoms with van der Waals surface area (Å²) in [6.07, 6.45) is 0. The van der Waals surface area contributed by atoms with Crippen LogP contribution in [0.2, 0.25) is 0 Å². The Morgan fingerprint density at radius 3 is 2.25 bits per heavy atom. The Hall–Kier alpha value is -1.63. The largest absolute Gasteiger partial charge is 0.478 e. The average molecular weight is 173 g/mol. The lowest BCUT2D eigenvalue weighted by Crippen LogP contribution is -2.55. The van der Waals surface area contributed by atoms with E-state index in [9.17, 15) is 14.4 Å². The van der Waals surface area contributed by atoms with Crippen molar-refractivity contribution in [3.05, 3.63) is 20.7 Å². The molecule has 0 aromatic carbocycles. The predicted octanol–water partition coefficient (Wildman–Crippen LogP) is -2.61. The molecule has 1 rings (SSSR count). The van der Waals surface area contributed by atoms with Gasteiger partial charge in [-0.3, -0.25) is 20.7 Å². The summed E-state index contributed by atoms with van der Waals surface area (Å²) < 4.78 is 0.550. The van der Waals surface area contributed by atoms with Gasteiger partial charge in [-0.15, -0.1) is 0 Å². The van der Waals surface area contributed by atoms with Crippen LogP contribution in [-0.2, 0) is 4.79 Å². The van der Waals surface area contributed by atoms with Crippen molar-refractivity contribution in [2.45, 2.75) is 12.6 Å². The van der Waals surface area contributed by atoms with Crippen molar-refractivity contribution < 1.29 is 9.90 Å². The zero-order valence-electron chi connectivity index (χ0n) is 6.20. The van der Waals surface area contributed by atoms with Crippen molar-refractivity contribution in [1.82, 2.24) is 4.68 Å². The van der Waals surface area contributed by atoms with Gasteiger partial charge in [-0.25, -0.2) is 4.79 Å². The first-order valence-corrected chi connectivity index (χ1v) is 3.05. The maximum atomic E-state index is 10.4. The summed E-state index contributed by atoms with van der Waals surface area (Å²) in [5.74, 6) is -1.35. The first-order valence-electron chi connectivity index (χ1n) is 3.05. The fraction of sp³-hybridized carbons (Fsp3) is 0.400. The standard InChI is InChI=1S/C5H7N3O4/c1-5(6,4(11)12)7-8-2(9)3(8)10/h7H,6H2,1H3,(H,11,12). The van der Waals surface area contributed by atoms with Gasteiger partial charge in [-0.05, 0) is 6.92 Å². The number of hydrogen-bond acceptors (Lipinski definition) is 5. The number of hydrogen-bond donors (Lipinski definition) is 3. The average Bonchev–Trinajstić information content (AvgIpc) is 2.44. The molecule has 0 aliphatic heterocycles. The zero-order valence-corrected chi connectivity index (χ0v) is 6.20. The van der Waals surface area contributed by atoms with E-state index in [-0.39, 0.29) is 0 Å². The van der Waals surface area contributed by atoms with Crippen LogP contribution in [0.15, 0.2) is 9.59 Å². The molecule has 1 heterocycles. The molecular weight excluding hydrogens is 166 g/mol. The predicted molar refractivity (Wildman–Crippen MR) is 38.9 cm³/mol. The number of carboxylic acid groups (broad SMARTS) is 1. The monoisotopic (exact) mass is 173 g/mol. The molecule has 1 atom stereocenters. The van der Waals surface area contributed by atoms with Crippen LogP contribution in [0.5, 0.6) is 0 Å². The van der Waals surface area contributed by atoms with E-state index in [1.807, 2.05) is 5.43 Å². The lowest BCUT2D eigenvalue weighted by atomic mass is 10.2. The van der Waals surface area contributed by atoms with Crippen LogP contribution < -0.4 is 22.3 Å². The van der Waals surface area contributed by atoms with Crippen LogP contribution in [0.25, 0.3) is 0 Å². The maximum absolute atomic E-state index is 10.4. The van der Waals surface area contributed by atoms with Gasteiger partial charge in [-0.2, -0.15) is 4.68 Å². The van der Waals surface area contributed by atoms with Gasteiger partial charge in [0.05, 0.1) is 0 Å². The Morgan fingerprint density at radius 1 is 1.58 bits per heavy atom. The Morgan fingerprint density at radius 2 is 2.00 bits per heavy atom. The molecule has 0 fully saturated rings. The smallest absolute Gasteiger partial charge is 0.345 e. The Bertz CT molecular complexity index is 358. The molecule has 0 saturated carbocycles. The third-order valence-corrected chi connectivity index (χ3v) is 1.33. The fourth-order valence-corrected chi connectivity index (χ4v) is 0.517. The molecule has 0 aliphatic rings. The molecule has 1 unspecified atom stereocenters. The van der Waals surface area contributed by atoms with E-state index in [0.717, 1.165) is 6.92 Å². The van der Waals surface area contributed by atoms with Crippen molar-refractivity contribution >= 4 is 5.97 Å². The highest BCUT2D eigenvalue weighted by Gasteiger charge is 2.32. The highest BCUT2D eigenvalue weighted by molar-refractivity contribution is 5.78. The second kappa shape index (κ2) is 2.18. The first kappa shape index (κ1) is 8.47. The van der Waals surface area contributed by atoms with Crippen LogP contribution in [0.4, 0.5) is 0 Å². The number of nitrogens with zero attached hydrogens (tertiary/aromatic N) is 1. The summed E-state index contributed by atoms with van der Waals surface area (Å²) >= 11 is 0. The summed E-state index contributed by atoms with van der Waals surface area (Å²) in [7, 11) is 0. The topological polar surface area (TPSA) is 114 Å². The number of nitrogens with one attached hydrogen (secondary N) is 1. The minimum Gasteiger partial charge on any atom is -0.478 e. The molecule has 1 aromatic heterocycles. The Balaban J connectivity index is 2.77. The number of aliphatic carboxylic acids is 1. The van der Waals surface area contributed by atoms with E-state index in [2.05, 4.69) is 0 Å². The fourth-order valence-electron chi connectivity index (χ4n) is 0.517. The molecule has 4 N–H and O–H groups in total. The number of rotatable bonds is 3. The van der Waals surface area contributed by atoms with Crippen molar-refractivity contribution in [3.8, 4) is 0 Å². The molecule has 0 bridgehead atoms. The van der Waals surface area contributed by atoms with Gasteiger partial charge < -0.3 is 5.11 Å². The van der Waals surface area contributed by atoms with E-state index >= 15 is 0 Å². The van der Waals surface area contributed by atoms with E-state index in [1.54, 1.807) is 0 Å². The summed E-state index contributed by atoms with van der Waals surface area (Å²) in [5.41, 5.74) is 3.84. The van der Waals surface area contributed by atoms with Gasteiger partial charge in [0, 0.05) is 0 Å². The molecule has 12 heavy (non-hydrogen) atoms. The zero-order chi connectivity index (χ0) is 9.52. The number of carbonyl (C=O) groups is 1. The van der Waals surface area contributed by atoms with Crippen LogP contribution in [0, 0.1) is 0 Å². The summed E-state index contributed by atoms with van der Waals surface area (Å²) in [5, 5.41) is 8.45. The van der Waals surface area contributed by atoms with Crippen molar-refractivity contribution in [3.63, 3.8) is 0 Å². The van der Waals surface area contributed by atoms with Gasteiger partial charge in [0.15, 0.2) is 5.66 Å². The van der Waals surface area contributed by atoms with Gasteiger partial charge in [0.1, 0.15) is 0 Å². The second-order valence-corrected chi connectivity index (χ2v) is 2.57. The normalized spacial score (nSPS) is 15.8. The van der Waals surface area contributed by atoms with Gasteiger partial charge in [0.2, 0.25) is 0 Å². The molecule has 1 aromatic rings. The number of carboxylic acids is 1. The molecule has 0 amide bonds. The van der Waals surface area contributed by atoms with E-state index in [0.29, 0.717) is 4.68 Å². The van der Waals surface area contributed by atoms with Crippen LogP contribution in [0.3, 0.4) is 0 Å². The van der Waals surface area contributed by atoms with Gasteiger partial charge in [0.25, 0.3) is 0 Å². The van der Waals surface area contributed by atoms with E-state index < -0.39 is 22.8 Å². The van der Waals surface area contributed by atoms with E-state index in [4.69, 9.17) is 10.8 Å².